The SMILES string of the molecule is CNCC(O)COc1cccc(-c2nc(-c3ccncc3)cc(N(C)C3CCNCC3)n2)c1. The summed E-state index contributed by atoms with van der Waals surface area (Å²) in [6, 6.07) is 14.1. The highest BCUT2D eigenvalue weighted by Crippen LogP contribution is 2.29. The van der Waals surface area contributed by atoms with Crippen LogP contribution in [0.5, 0.6) is 5.75 Å². The first-order valence-electron chi connectivity index (χ1n) is 11.4. The van der Waals surface area contributed by atoms with E-state index in [4.69, 9.17) is 14.7 Å². The molecule has 1 saturated heterocycles. The third-order valence-corrected chi connectivity index (χ3v) is 5.88. The molecule has 174 valence electrons. The molecule has 1 aromatic carbocycles. The normalized spacial score (nSPS) is 15.2. The number of pyridine rings is 1. The number of aliphatic hydroxyl groups excluding tert-OH is 1. The maximum atomic E-state index is 9.95. The summed E-state index contributed by atoms with van der Waals surface area (Å²) in [7, 11) is 3.91. The summed E-state index contributed by atoms with van der Waals surface area (Å²) < 4.78 is 5.80. The fourth-order valence-electron chi connectivity index (χ4n) is 4.01. The second kappa shape index (κ2) is 11.2. The second-order valence-corrected chi connectivity index (χ2v) is 8.31. The molecule has 1 aliphatic heterocycles. The first-order valence-corrected chi connectivity index (χ1v) is 11.4. The second-order valence-electron chi connectivity index (χ2n) is 8.31. The topological polar surface area (TPSA) is 95.4 Å². The Morgan fingerprint density at radius 3 is 2.67 bits per heavy atom. The fourth-order valence-corrected chi connectivity index (χ4v) is 4.01. The van der Waals surface area contributed by atoms with Crippen molar-refractivity contribution in [3.05, 3.63) is 54.9 Å². The zero-order valence-corrected chi connectivity index (χ0v) is 19.2. The van der Waals surface area contributed by atoms with Gasteiger partial charge in [-0.25, -0.2) is 9.97 Å². The molecule has 0 radical (unpaired) electrons. The molecule has 1 atom stereocenters. The number of nitrogens with zero attached hydrogens (tertiary/aromatic N) is 4. The van der Waals surface area contributed by atoms with Gasteiger partial charge in [-0.1, -0.05) is 12.1 Å². The summed E-state index contributed by atoms with van der Waals surface area (Å²) in [5, 5.41) is 16.3. The predicted molar refractivity (Wildman–Crippen MR) is 130 cm³/mol. The van der Waals surface area contributed by atoms with Gasteiger partial charge in [0.25, 0.3) is 0 Å². The van der Waals surface area contributed by atoms with Crippen molar-refractivity contribution in [2.24, 2.45) is 0 Å². The van der Waals surface area contributed by atoms with Gasteiger partial charge in [0.1, 0.15) is 24.3 Å². The molecule has 0 amide bonds. The maximum absolute atomic E-state index is 9.95. The van der Waals surface area contributed by atoms with E-state index in [1.54, 1.807) is 19.4 Å². The number of aromatic nitrogens is 3. The monoisotopic (exact) mass is 448 g/mol. The molecule has 0 aliphatic carbocycles. The molecule has 0 saturated carbocycles. The van der Waals surface area contributed by atoms with Crippen molar-refractivity contribution in [1.29, 1.82) is 0 Å². The summed E-state index contributed by atoms with van der Waals surface area (Å²) in [6.07, 6.45) is 5.14. The fraction of sp³-hybridized carbons (Fsp3) is 0.400. The quantitative estimate of drug-likeness (QED) is 0.459. The number of anilines is 1. The minimum absolute atomic E-state index is 0.214. The van der Waals surface area contributed by atoms with Crippen LogP contribution in [0.3, 0.4) is 0 Å². The Balaban J connectivity index is 1.66. The van der Waals surface area contributed by atoms with Gasteiger partial charge >= 0.3 is 0 Å². The third kappa shape index (κ3) is 6.04. The summed E-state index contributed by atoms with van der Waals surface area (Å²) in [6.45, 7) is 2.72. The minimum atomic E-state index is -0.574. The molecule has 0 bridgehead atoms. The number of aliphatic hydroxyl groups is 1. The first-order chi connectivity index (χ1) is 16.1. The lowest BCUT2D eigenvalue weighted by Gasteiger charge is -2.32. The molecule has 3 aromatic rings. The van der Waals surface area contributed by atoms with Gasteiger partial charge in [-0.3, -0.25) is 4.98 Å². The van der Waals surface area contributed by atoms with Crippen LogP contribution in [0.1, 0.15) is 12.8 Å². The Bertz CT molecular complexity index is 1030. The smallest absolute Gasteiger partial charge is 0.162 e. The number of hydrogen-bond donors (Lipinski definition) is 3. The number of benzene rings is 1. The minimum Gasteiger partial charge on any atom is -0.491 e. The van der Waals surface area contributed by atoms with Gasteiger partial charge in [-0.2, -0.15) is 0 Å². The van der Waals surface area contributed by atoms with Crippen LogP contribution in [0.15, 0.2) is 54.9 Å². The van der Waals surface area contributed by atoms with E-state index < -0.39 is 6.10 Å². The number of likely N-dealkylation sites (N-methyl/N-ethyl adjacent to an activating group) is 1. The van der Waals surface area contributed by atoms with E-state index in [-0.39, 0.29) is 6.61 Å². The van der Waals surface area contributed by atoms with E-state index in [0.717, 1.165) is 48.6 Å². The highest BCUT2D eigenvalue weighted by Gasteiger charge is 2.21. The van der Waals surface area contributed by atoms with Crippen molar-refractivity contribution >= 4 is 5.82 Å². The zero-order chi connectivity index (χ0) is 23.0. The number of rotatable bonds is 9. The molecule has 1 fully saturated rings. The van der Waals surface area contributed by atoms with E-state index >= 15 is 0 Å². The average Bonchev–Trinajstić information content (AvgIpc) is 2.88. The largest absolute Gasteiger partial charge is 0.491 e. The van der Waals surface area contributed by atoms with E-state index in [0.29, 0.717) is 24.2 Å². The lowest BCUT2D eigenvalue weighted by Crippen LogP contribution is -2.41. The first kappa shape index (κ1) is 23.1. The summed E-state index contributed by atoms with van der Waals surface area (Å²) in [4.78, 5) is 16.2. The zero-order valence-electron chi connectivity index (χ0n) is 19.2. The summed E-state index contributed by atoms with van der Waals surface area (Å²) >= 11 is 0. The maximum Gasteiger partial charge on any atom is 0.162 e. The molecular weight excluding hydrogens is 416 g/mol. The Hall–Kier alpha value is -3.07. The van der Waals surface area contributed by atoms with E-state index in [2.05, 4.69) is 33.6 Å². The third-order valence-electron chi connectivity index (χ3n) is 5.88. The van der Waals surface area contributed by atoms with Crippen LogP contribution in [0.25, 0.3) is 22.6 Å². The van der Waals surface area contributed by atoms with E-state index in [1.165, 1.54) is 0 Å². The van der Waals surface area contributed by atoms with Gasteiger partial charge in [-0.05, 0) is 57.2 Å². The predicted octanol–water partition coefficient (Wildman–Crippen LogP) is 2.35. The van der Waals surface area contributed by atoms with Crippen LogP contribution >= 0.6 is 0 Å². The van der Waals surface area contributed by atoms with Gasteiger partial charge in [0.05, 0.1) is 5.69 Å². The highest BCUT2D eigenvalue weighted by molar-refractivity contribution is 5.68. The molecule has 8 nitrogen and oxygen atoms in total. The van der Waals surface area contributed by atoms with Gasteiger partial charge < -0.3 is 25.4 Å². The molecule has 1 aliphatic rings. The molecule has 2 aromatic heterocycles. The van der Waals surface area contributed by atoms with Crippen LogP contribution in [0.2, 0.25) is 0 Å². The van der Waals surface area contributed by atoms with Crippen LogP contribution in [0, 0.1) is 0 Å². The number of hydrogen-bond acceptors (Lipinski definition) is 8. The van der Waals surface area contributed by atoms with Gasteiger partial charge in [0.15, 0.2) is 5.82 Å². The Labute approximate surface area is 195 Å². The number of ether oxygens (including phenoxy) is 1. The van der Waals surface area contributed by atoms with Gasteiger partial charge in [0.2, 0.25) is 0 Å². The molecule has 1 unspecified atom stereocenters. The molecule has 8 heteroatoms. The standard InChI is InChI=1S/C25H32N6O2/c1-26-16-21(32)17-33-22-5-3-4-19(14-22)25-29-23(18-6-10-27-11-7-18)15-24(30-25)31(2)20-8-12-28-13-9-20/h3-7,10-11,14-15,20-21,26,28,32H,8-9,12-13,16-17H2,1-2H3. The van der Waals surface area contributed by atoms with Crippen molar-refractivity contribution in [2.45, 2.75) is 25.0 Å². The highest BCUT2D eigenvalue weighted by atomic mass is 16.5. The van der Waals surface area contributed by atoms with Crippen molar-refractivity contribution < 1.29 is 9.84 Å². The summed E-state index contributed by atoms with van der Waals surface area (Å²) in [5.41, 5.74) is 2.72. The Morgan fingerprint density at radius 1 is 1.12 bits per heavy atom. The Kier molecular flexibility index (Phi) is 7.83. The van der Waals surface area contributed by atoms with Gasteiger partial charge in [0, 0.05) is 49.2 Å². The lowest BCUT2D eigenvalue weighted by molar-refractivity contribution is 0.108. The van der Waals surface area contributed by atoms with Crippen molar-refractivity contribution in [2.75, 3.05) is 45.2 Å². The molecular formula is C25H32N6O2. The summed E-state index contributed by atoms with van der Waals surface area (Å²) in [5.74, 6) is 2.21. The van der Waals surface area contributed by atoms with E-state index in [9.17, 15) is 5.11 Å². The molecule has 33 heavy (non-hydrogen) atoms. The average molecular weight is 449 g/mol. The molecule has 0 spiro atoms. The van der Waals surface area contributed by atoms with E-state index in [1.807, 2.05) is 36.4 Å². The molecule has 3 heterocycles. The number of nitrogens with one attached hydrogen (secondary N) is 2. The molecule has 3 N–H and O–H groups in total. The van der Waals surface area contributed by atoms with Crippen LogP contribution in [-0.2, 0) is 0 Å². The molecule has 4 rings (SSSR count). The van der Waals surface area contributed by atoms with Crippen LogP contribution < -0.4 is 20.3 Å². The van der Waals surface area contributed by atoms with Gasteiger partial charge in [-0.15, -0.1) is 0 Å². The van der Waals surface area contributed by atoms with Crippen molar-refractivity contribution in [1.82, 2.24) is 25.6 Å². The van der Waals surface area contributed by atoms with Crippen molar-refractivity contribution in [3.8, 4) is 28.4 Å². The lowest BCUT2D eigenvalue weighted by atomic mass is 10.1. The van der Waals surface area contributed by atoms with Crippen LogP contribution in [0.4, 0.5) is 5.82 Å². The number of piperidine rings is 1. The Morgan fingerprint density at radius 2 is 1.91 bits per heavy atom. The van der Waals surface area contributed by atoms with Crippen LogP contribution in [-0.4, -0.2) is 72.5 Å². The van der Waals surface area contributed by atoms with Crippen molar-refractivity contribution in [3.63, 3.8) is 0 Å².